The largest absolute Gasteiger partial charge is 0.492 e. The minimum absolute atomic E-state index is 0.594. The van der Waals surface area contributed by atoms with Gasteiger partial charge in [-0.25, -0.2) is 0 Å². The summed E-state index contributed by atoms with van der Waals surface area (Å²) in [5.74, 6) is 0.176. The monoisotopic (exact) mass is 263 g/mol. The van der Waals surface area contributed by atoms with Gasteiger partial charge in [-0.05, 0) is 44.5 Å². The van der Waals surface area contributed by atoms with E-state index in [0.29, 0.717) is 19.6 Å². The molecule has 0 amide bonds. The van der Waals surface area contributed by atoms with Crippen molar-refractivity contribution in [1.29, 1.82) is 0 Å². The number of hydrogen-bond acceptors (Lipinski definition) is 3. The molecule has 104 valence electrons. The van der Waals surface area contributed by atoms with Crippen LogP contribution in [0, 0.1) is 12.3 Å². The lowest BCUT2D eigenvalue weighted by atomic mass is 9.90. The molecule has 0 radical (unpaired) electrons. The Morgan fingerprint density at radius 1 is 1.53 bits per heavy atom. The first-order valence-corrected chi connectivity index (χ1v) is 6.65. The predicted molar refractivity (Wildman–Crippen MR) is 73.5 cm³/mol. The number of rotatable bonds is 5. The number of aryl methyl sites for hydroxylation is 1. The Morgan fingerprint density at radius 3 is 2.95 bits per heavy atom. The van der Waals surface area contributed by atoms with E-state index in [1.54, 1.807) is 0 Å². The van der Waals surface area contributed by atoms with Gasteiger partial charge in [-0.2, -0.15) is 0 Å². The minimum atomic E-state index is -0.699. The fourth-order valence-corrected chi connectivity index (χ4v) is 2.42. The van der Waals surface area contributed by atoms with E-state index in [1.807, 2.05) is 38.1 Å². The molecule has 19 heavy (non-hydrogen) atoms. The molecule has 1 saturated heterocycles. The summed E-state index contributed by atoms with van der Waals surface area (Å²) in [4.78, 5) is 13.3. The second-order valence-electron chi connectivity index (χ2n) is 5.56. The molecular formula is C15H21NO3. The summed E-state index contributed by atoms with van der Waals surface area (Å²) in [5.41, 5.74) is 0.584. The molecule has 1 aliphatic heterocycles. The molecule has 1 atom stereocenters. The van der Waals surface area contributed by atoms with E-state index in [1.165, 1.54) is 5.56 Å². The highest BCUT2D eigenvalue weighted by Gasteiger charge is 2.40. The zero-order valence-corrected chi connectivity index (χ0v) is 11.6. The molecule has 1 aromatic carbocycles. The third-order valence-electron chi connectivity index (χ3n) is 3.73. The smallest absolute Gasteiger partial charge is 0.310 e. The van der Waals surface area contributed by atoms with Crippen LogP contribution < -0.4 is 4.74 Å². The lowest BCUT2D eigenvalue weighted by Gasteiger charge is -2.20. The van der Waals surface area contributed by atoms with E-state index in [-0.39, 0.29) is 0 Å². The highest BCUT2D eigenvalue weighted by Crippen LogP contribution is 2.29. The molecule has 2 rings (SSSR count). The third-order valence-corrected chi connectivity index (χ3v) is 3.73. The van der Waals surface area contributed by atoms with Gasteiger partial charge in [0.05, 0.1) is 5.41 Å². The summed E-state index contributed by atoms with van der Waals surface area (Å²) in [6, 6.07) is 7.96. The molecule has 4 heteroatoms. The fourth-order valence-electron chi connectivity index (χ4n) is 2.42. The maximum Gasteiger partial charge on any atom is 0.310 e. The molecule has 0 saturated carbocycles. The minimum Gasteiger partial charge on any atom is -0.492 e. The molecule has 1 aromatic rings. The van der Waals surface area contributed by atoms with Crippen molar-refractivity contribution in [1.82, 2.24) is 4.90 Å². The molecule has 0 bridgehead atoms. The first kappa shape index (κ1) is 13.9. The van der Waals surface area contributed by atoms with Gasteiger partial charge in [0, 0.05) is 13.1 Å². The molecule has 0 spiro atoms. The lowest BCUT2D eigenvalue weighted by molar-refractivity contribution is -0.147. The number of aliphatic carboxylic acids is 1. The summed E-state index contributed by atoms with van der Waals surface area (Å²) >= 11 is 0. The topological polar surface area (TPSA) is 49.8 Å². The highest BCUT2D eigenvalue weighted by atomic mass is 16.5. The van der Waals surface area contributed by atoms with Crippen molar-refractivity contribution in [2.24, 2.45) is 5.41 Å². The summed E-state index contributed by atoms with van der Waals surface area (Å²) in [5, 5.41) is 9.17. The van der Waals surface area contributed by atoms with E-state index >= 15 is 0 Å². The van der Waals surface area contributed by atoms with Gasteiger partial charge in [0.25, 0.3) is 0 Å². The molecule has 0 aromatic heterocycles. The first-order chi connectivity index (χ1) is 8.99. The normalized spacial score (nSPS) is 23.5. The van der Waals surface area contributed by atoms with Crippen LogP contribution in [-0.4, -0.2) is 42.2 Å². The highest BCUT2D eigenvalue weighted by molar-refractivity contribution is 5.74. The number of carboxylic acid groups (broad SMARTS) is 1. The van der Waals surface area contributed by atoms with Crippen molar-refractivity contribution >= 4 is 5.97 Å². The SMILES string of the molecule is Cc1cccc(OCCN2CC[C@@](C)(C(=O)O)C2)c1. The van der Waals surface area contributed by atoms with Crippen LogP contribution in [0.3, 0.4) is 0 Å². The van der Waals surface area contributed by atoms with E-state index in [9.17, 15) is 4.79 Å². The Bertz CT molecular complexity index is 460. The van der Waals surface area contributed by atoms with Crippen LogP contribution in [0.5, 0.6) is 5.75 Å². The molecule has 1 heterocycles. The van der Waals surface area contributed by atoms with Crippen molar-refractivity contribution in [3.63, 3.8) is 0 Å². The summed E-state index contributed by atoms with van der Waals surface area (Å²) in [7, 11) is 0. The second kappa shape index (κ2) is 5.61. The summed E-state index contributed by atoms with van der Waals surface area (Å²) in [6.45, 7) is 6.66. The molecule has 0 aliphatic carbocycles. The van der Waals surface area contributed by atoms with Gasteiger partial charge in [-0.15, -0.1) is 0 Å². The van der Waals surface area contributed by atoms with Crippen LogP contribution in [-0.2, 0) is 4.79 Å². The molecule has 1 aliphatic rings. The van der Waals surface area contributed by atoms with Crippen molar-refractivity contribution in [3.05, 3.63) is 29.8 Å². The van der Waals surface area contributed by atoms with E-state index < -0.39 is 11.4 Å². The Hall–Kier alpha value is -1.55. The lowest BCUT2D eigenvalue weighted by Crippen LogP contribution is -2.33. The average Bonchev–Trinajstić information content (AvgIpc) is 2.73. The van der Waals surface area contributed by atoms with Gasteiger partial charge in [-0.1, -0.05) is 12.1 Å². The quantitative estimate of drug-likeness (QED) is 0.884. The number of likely N-dealkylation sites (tertiary alicyclic amines) is 1. The van der Waals surface area contributed by atoms with Crippen LogP contribution in [0.2, 0.25) is 0 Å². The Kier molecular flexibility index (Phi) is 4.10. The molecular weight excluding hydrogens is 242 g/mol. The zero-order valence-electron chi connectivity index (χ0n) is 11.6. The van der Waals surface area contributed by atoms with Gasteiger partial charge in [0.15, 0.2) is 0 Å². The summed E-state index contributed by atoms with van der Waals surface area (Å²) < 4.78 is 5.69. The van der Waals surface area contributed by atoms with Gasteiger partial charge in [0.1, 0.15) is 12.4 Å². The Morgan fingerprint density at radius 2 is 2.32 bits per heavy atom. The van der Waals surface area contributed by atoms with Gasteiger partial charge < -0.3 is 9.84 Å². The van der Waals surface area contributed by atoms with E-state index in [2.05, 4.69) is 4.90 Å². The van der Waals surface area contributed by atoms with Crippen LogP contribution in [0.15, 0.2) is 24.3 Å². The van der Waals surface area contributed by atoms with Crippen molar-refractivity contribution in [2.75, 3.05) is 26.2 Å². The molecule has 0 unspecified atom stereocenters. The van der Waals surface area contributed by atoms with Gasteiger partial charge >= 0.3 is 5.97 Å². The number of hydrogen-bond donors (Lipinski definition) is 1. The standard InChI is InChI=1S/C15H21NO3/c1-12-4-3-5-13(10-12)19-9-8-16-7-6-15(2,11-16)14(17)18/h3-5,10H,6-9,11H2,1-2H3,(H,17,18)/t15-/m1/s1. The number of carboxylic acids is 1. The Labute approximate surface area is 114 Å². The van der Waals surface area contributed by atoms with E-state index in [4.69, 9.17) is 9.84 Å². The first-order valence-electron chi connectivity index (χ1n) is 6.65. The fraction of sp³-hybridized carbons (Fsp3) is 0.533. The molecule has 4 nitrogen and oxygen atoms in total. The molecule has 1 N–H and O–H groups in total. The van der Waals surface area contributed by atoms with Gasteiger partial charge in [0.2, 0.25) is 0 Å². The van der Waals surface area contributed by atoms with Crippen molar-refractivity contribution < 1.29 is 14.6 Å². The maximum absolute atomic E-state index is 11.1. The van der Waals surface area contributed by atoms with Crippen LogP contribution >= 0.6 is 0 Å². The van der Waals surface area contributed by atoms with Crippen LogP contribution in [0.25, 0.3) is 0 Å². The number of benzene rings is 1. The maximum atomic E-state index is 11.1. The molecule has 1 fully saturated rings. The summed E-state index contributed by atoms with van der Waals surface area (Å²) in [6.07, 6.45) is 0.715. The van der Waals surface area contributed by atoms with Crippen LogP contribution in [0.4, 0.5) is 0 Å². The van der Waals surface area contributed by atoms with Gasteiger partial charge in [-0.3, -0.25) is 9.69 Å². The van der Waals surface area contributed by atoms with E-state index in [0.717, 1.165) is 18.8 Å². The zero-order chi connectivity index (χ0) is 13.9. The average molecular weight is 263 g/mol. The number of carbonyl (C=O) groups is 1. The van der Waals surface area contributed by atoms with Crippen molar-refractivity contribution in [2.45, 2.75) is 20.3 Å². The number of nitrogens with zero attached hydrogens (tertiary/aromatic N) is 1. The van der Waals surface area contributed by atoms with Crippen molar-refractivity contribution in [3.8, 4) is 5.75 Å². The number of ether oxygens (including phenoxy) is 1. The van der Waals surface area contributed by atoms with Crippen LogP contribution in [0.1, 0.15) is 18.9 Å². The predicted octanol–water partition coefficient (Wildman–Crippen LogP) is 2.17. The third kappa shape index (κ3) is 3.47. The second-order valence-corrected chi connectivity index (χ2v) is 5.56. The Balaban J connectivity index is 1.77.